The number of rotatable bonds is 0. The van der Waals surface area contributed by atoms with Gasteiger partial charge in [0.05, 0.1) is 13.2 Å². The molecule has 0 bridgehead atoms. The van der Waals surface area contributed by atoms with E-state index in [4.69, 9.17) is 9.47 Å². The van der Waals surface area contributed by atoms with Gasteiger partial charge in [-0.05, 0) is 12.1 Å². The molecule has 0 saturated heterocycles. The molecule has 0 fully saturated rings. The van der Waals surface area contributed by atoms with Crippen LogP contribution in [0.3, 0.4) is 0 Å². The van der Waals surface area contributed by atoms with E-state index in [9.17, 15) is 0 Å². The molecule has 29 heavy (non-hydrogen) atoms. The van der Waals surface area contributed by atoms with Crippen LogP contribution in [0, 0.1) is 0 Å². The van der Waals surface area contributed by atoms with E-state index in [1.807, 2.05) is 23.5 Å². The van der Waals surface area contributed by atoms with Crippen molar-refractivity contribution in [3.8, 4) is 11.5 Å². The van der Waals surface area contributed by atoms with Gasteiger partial charge in [0.1, 0.15) is 11.5 Å². The fourth-order valence-electron chi connectivity index (χ4n) is 2.65. The number of benzene rings is 2. The van der Waals surface area contributed by atoms with E-state index >= 15 is 0 Å². The van der Waals surface area contributed by atoms with Crippen molar-refractivity contribution >= 4 is 35.3 Å². The number of para-hydroxylation sites is 2. The number of ether oxygens (including phenoxy) is 2. The molecule has 0 aliphatic carbocycles. The molecule has 0 atom stereocenters. The fourth-order valence-corrected chi connectivity index (χ4v) is 5.95. The van der Waals surface area contributed by atoms with Crippen molar-refractivity contribution in [2.24, 2.45) is 0 Å². The number of hydrogen-bond donors (Lipinski definition) is 0. The first kappa shape index (κ1) is 30.5. The number of fused-ring (bicyclic) bond motifs is 2. The van der Waals surface area contributed by atoms with Crippen LogP contribution < -0.4 is 57.4 Å². The van der Waals surface area contributed by atoms with Gasteiger partial charge in [-0.15, -0.1) is 0 Å². The SMILES string of the molecule is [Hg+2].[I-].[I-].c1ccc2c(c1)CSCCSCCSCc1ccccc1OCCCO2. The van der Waals surface area contributed by atoms with E-state index in [1.54, 1.807) is 0 Å². The van der Waals surface area contributed by atoms with Crippen molar-refractivity contribution in [1.29, 1.82) is 0 Å². The minimum atomic E-state index is 0. The Morgan fingerprint density at radius 3 is 1.48 bits per heavy atom. The van der Waals surface area contributed by atoms with E-state index in [-0.39, 0.29) is 75.6 Å². The summed E-state index contributed by atoms with van der Waals surface area (Å²) in [5.74, 6) is 8.91. The molecule has 0 saturated carbocycles. The summed E-state index contributed by atoms with van der Waals surface area (Å²) in [5, 5.41) is 0. The van der Waals surface area contributed by atoms with Crippen molar-refractivity contribution < 1.29 is 85.1 Å². The third-order valence-corrected chi connectivity index (χ3v) is 7.53. The second-order valence-electron chi connectivity index (χ2n) is 5.98. The Hall–Kier alpha value is 1.49. The average molecular weight is 861 g/mol. The minimum absolute atomic E-state index is 0. The van der Waals surface area contributed by atoms with Crippen LogP contribution in [0.4, 0.5) is 0 Å². The molecule has 8 heteroatoms. The third-order valence-electron chi connectivity index (χ3n) is 4.01. The maximum Gasteiger partial charge on any atom is 2.00 e. The standard InChI is InChI=1S/C21H26O2S3.Hg.2HI/c1-3-8-20-18(6-1)16-25-14-12-24-13-15-26-17-19-7-2-4-9-21(19)23-11-5-10-22-20;;;/h1-4,6-9H,5,10-17H2;;2*1H/q;+2;;/p-2. The Morgan fingerprint density at radius 2 is 1.00 bits per heavy atom. The van der Waals surface area contributed by atoms with Gasteiger partial charge in [-0.3, -0.25) is 0 Å². The van der Waals surface area contributed by atoms with Crippen LogP contribution in [-0.4, -0.2) is 36.2 Å². The predicted octanol–water partition coefficient (Wildman–Crippen LogP) is -0.247. The van der Waals surface area contributed by atoms with Crippen molar-refractivity contribution in [2.45, 2.75) is 17.9 Å². The summed E-state index contributed by atoms with van der Waals surface area (Å²) in [7, 11) is 0. The average Bonchev–Trinajstić information content (AvgIpc) is 2.68. The van der Waals surface area contributed by atoms with Crippen molar-refractivity contribution in [2.75, 3.05) is 36.2 Å². The summed E-state index contributed by atoms with van der Waals surface area (Å²) >= 11 is 6.05. The molecule has 0 amide bonds. The summed E-state index contributed by atoms with van der Waals surface area (Å²) in [6, 6.07) is 16.8. The van der Waals surface area contributed by atoms with Gasteiger partial charge in [-0.1, -0.05) is 36.4 Å². The maximum atomic E-state index is 6.02. The molecule has 0 unspecified atom stereocenters. The van der Waals surface area contributed by atoms with E-state index in [0.29, 0.717) is 13.2 Å². The molecule has 3 rings (SSSR count). The Labute approximate surface area is 242 Å². The largest absolute Gasteiger partial charge is 2.00 e. The van der Waals surface area contributed by atoms with Crippen molar-refractivity contribution in [1.82, 2.24) is 0 Å². The zero-order valence-electron chi connectivity index (χ0n) is 16.5. The first-order valence-corrected chi connectivity index (χ1v) is 12.5. The van der Waals surface area contributed by atoms with Crippen LogP contribution in [0.5, 0.6) is 11.5 Å². The molecule has 156 valence electrons. The topological polar surface area (TPSA) is 18.5 Å². The number of thioether (sulfide) groups is 3. The number of hydrogen-bond acceptors (Lipinski definition) is 5. The Morgan fingerprint density at radius 1 is 0.586 bits per heavy atom. The molecule has 1 heterocycles. The van der Waals surface area contributed by atoms with E-state index in [2.05, 4.69) is 60.3 Å². The monoisotopic (exact) mass is 862 g/mol. The Kier molecular flexibility index (Phi) is 20.0. The fraction of sp³-hybridized carbons (Fsp3) is 0.429. The zero-order valence-corrected chi connectivity index (χ0v) is 28.7. The summed E-state index contributed by atoms with van der Waals surface area (Å²) < 4.78 is 12.0. The van der Waals surface area contributed by atoms with Crippen molar-refractivity contribution in [3.05, 3.63) is 59.7 Å². The van der Waals surface area contributed by atoms with Crippen LogP contribution in [0.15, 0.2) is 48.5 Å². The molecule has 1 aliphatic rings. The normalized spacial score (nSPS) is 15.7. The van der Waals surface area contributed by atoms with Gasteiger partial charge in [-0.2, -0.15) is 35.3 Å². The Balaban J connectivity index is 0.00000261. The molecule has 0 aromatic heterocycles. The van der Waals surface area contributed by atoms with E-state index in [1.165, 1.54) is 34.1 Å². The first-order valence-electron chi connectivity index (χ1n) is 9.08. The van der Waals surface area contributed by atoms with Crippen LogP contribution in [0.25, 0.3) is 0 Å². The van der Waals surface area contributed by atoms with E-state index in [0.717, 1.165) is 29.4 Å². The zero-order chi connectivity index (χ0) is 17.9. The number of halogens is 2. The smallest absolute Gasteiger partial charge is 1.00 e. The van der Waals surface area contributed by atoms with Crippen LogP contribution in [0.1, 0.15) is 17.5 Å². The quantitative estimate of drug-likeness (QED) is 0.269. The van der Waals surface area contributed by atoms with Gasteiger partial charge in [0.15, 0.2) is 0 Å². The summed E-state index contributed by atoms with van der Waals surface area (Å²) in [6.45, 7) is 1.38. The van der Waals surface area contributed by atoms with Gasteiger partial charge in [0.25, 0.3) is 0 Å². The van der Waals surface area contributed by atoms with Gasteiger partial charge in [-0.25, -0.2) is 0 Å². The minimum Gasteiger partial charge on any atom is -1.00 e. The van der Waals surface area contributed by atoms with Crippen molar-refractivity contribution in [3.63, 3.8) is 0 Å². The third kappa shape index (κ3) is 11.8. The summed E-state index contributed by atoms with van der Waals surface area (Å²) in [6.07, 6.45) is 0.888. The molecular weight excluding hydrogens is 835 g/mol. The molecule has 1 aliphatic heterocycles. The summed E-state index contributed by atoms with van der Waals surface area (Å²) in [4.78, 5) is 0. The molecule has 2 aromatic carbocycles. The maximum absolute atomic E-state index is 6.02. The Bertz CT molecular complexity index is 624. The van der Waals surface area contributed by atoms with E-state index < -0.39 is 0 Å². The summed E-state index contributed by atoms with van der Waals surface area (Å²) in [5.41, 5.74) is 2.59. The molecule has 2 aromatic rings. The molecular formula is C21H26HgI2O2S3. The predicted molar refractivity (Wildman–Crippen MR) is 118 cm³/mol. The first-order chi connectivity index (χ1) is 12.9. The molecule has 0 N–H and O–H groups in total. The molecule has 0 radical (unpaired) electrons. The second-order valence-corrected chi connectivity index (χ2v) is 9.42. The van der Waals surface area contributed by atoms with Crippen LogP contribution >= 0.6 is 35.3 Å². The molecule has 0 spiro atoms. The second kappa shape index (κ2) is 19.0. The van der Waals surface area contributed by atoms with Gasteiger partial charge in [0.2, 0.25) is 0 Å². The van der Waals surface area contributed by atoms with Crippen LogP contribution in [0.2, 0.25) is 0 Å². The van der Waals surface area contributed by atoms with Gasteiger partial charge < -0.3 is 57.4 Å². The van der Waals surface area contributed by atoms with Crippen LogP contribution in [-0.2, 0) is 39.2 Å². The van der Waals surface area contributed by atoms with Gasteiger partial charge in [0, 0.05) is 52.1 Å². The molecule has 2 nitrogen and oxygen atoms in total. The van der Waals surface area contributed by atoms with Gasteiger partial charge >= 0.3 is 27.7 Å².